The normalized spacial score (nSPS) is 11.3. The van der Waals surface area contributed by atoms with Crippen molar-refractivity contribution in [1.29, 1.82) is 5.26 Å². The van der Waals surface area contributed by atoms with Crippen LogP contribution in [0.4, 0.5) is 0 Å². The number of aromatic nitrogens is 2. The van der Waals surface area contributed by atoms with Crippen LogP contribution in [0.5, 0.6) is 5.75 Å². The van der Waals surface area contributed by atoms with Gasteiger partial charge in [0.25, 0.3) is 0 Å². The van der Waals surface area contributed by atoms with Crippen LogP contribution in [0.25, 0.3) is 22.7 Å². The Bertz CT molecular complexity index is 1350. The van der Waals surface area contributed by atoms with Crippen LogP contribution in [0.2, 0.25) is 0 Å². The fraction of sp³-hybridized carbons (Fsp3) is 0.0769. The third kappa shape index (κ3) is 4.69. The lowest BCUT2D eigenvalue weighted by atomic mass is 10.1. The molecule has 3 aromatic carbocycles. The Morgan fingerprint density at radius 3 is 2.59 bits per heavy atom. The molecule has 0 atom stereocenters. The molecule has 158 valence electrons. The van der Waals surface area contributed by atoms with E-state index in [0.29, 0.717) is 30.3 Å². The van der Waals surface area contributed by atoms with Crippen molar-refractivity contribution in [1.82, 2.24) is 9.55 Å². The van der Waals surface area contributed by atoms with E-state index >= 15 is 0 Å². The minimum atomic E-state index is 0.357. The molecule has 0 saturated heterocycles. The van der Waals surface area contributed by atoms with Gasteiger partial charge in [0.2, 0.25) is 0 Å². The molecule has 32 heavy (non-hydrogen) atoms. The smallest absolute Gasteiger partial charge is 0.152 e. The lowest BCUT2D eigenvalue weighted by molar-refractivity contribution is 0.360. The van der Waals surface area contributed by atoms with Crippen LogP contribution < -0.4 is 4.74 Å². The molecule has 0 saturated carbocycles. The number of nitriles is 1. The van der Waals surface area contributed by atoms with Gasteiger partial charge in [-0.25, -0.2) is 4.98 Å². The maximum Gasteiger partial charge on any atom is 0.152 e. The van der Waals surface area contributed by atoms with E-state index in [1.54, 1.807) is 6.08 Å². The molecular weight excluding hydrogens is 530 g/mol. The number of hydrogen-bond donors (Lipinski definition) is 0. The van der Waals surface area contributed by atoms with Gasteiger partial charge in [-0.1, -0.05) is 71.0 Å². The molecule has 0 aliphatic heterocycles. The second-order valence-electron chi connectivity index (χ2n) is 7.07. The molecule has 4 aromatic rings. The number of benzene rings is 3. The van der Waals surface area contributed by atoms with Crippen molar-refractivity contribution in [2.45, 2.75) is 6.54 Å². The molecule has 4 nitrogen and oxygen atoms in total. The Hall–Kier alpha value is -3.14. The summed E-state index contributed by atoms with van der Waals surface area (Å²) >= 11 is 7.09. The second kappa shape index (κ2) is 9.99. The van der Waals surface area contributed by atoms with E-state index in [9.17, 15) is 5.26 Å². The number of nitrogens with zero attached hydrogens (tertiary/aromatic N) is 3. The van der Waals surface area contributed by atoms with E-state index in [4.69, 9.17) is 9.72 Å². The lowest BCUT2D eigenvalue weighted by Gasteiger charge is -2.12. The molecule has 0 spiro atoms. The molecule has 1 aromatic heterocycles. The number of allylic oxidation sites excluding steroid dienone is 1. The van der Waals surface area contributed by atoms with E-state index in [0.717, 1.165) is 31.1 Å². The fourth-order valence-corrected chi connectivity index (χ4v) is 4.86. The summed E-state index contributed by atoms with van der Waals surface area (Å²) in [6.07, 6.45) is 3.50. The molecule has 0 radical (unpaired) electrons. The zero-order valence-corrected chi connectivity index (χ0v) is 20.3. The van der Waals surface area contributed by atoms with Gasteiger partial charge in [-0.05, 0) is 51.8 Å². The zero-order valence-electron chi connectivity index (χ0n) is 17.1. The van der Waals surface area contributed by atoms with Gasteiger partial charge in [-0.2, -0.15) is 5.26 Å². The first kappa shape index (κ1) is 22.1. The number of ether oxygens (including phenoxy) is 1. The van der Waals surface area contributed by atoms with Crippen molar-refractivity contribution in [2.24, 2.45) is 0 Å². The summed E-state index contributed by atoms with van der Waals surface area (Å²) in [5, 5.41) is 10.1. The third-order valence-electron chi connectivity index (χ3n) is 4.88. The van der Waals surface area contributed by atoms with Crippen molar-refractivity contribution in [3.63, 3.8) is 0 Å². The highest BCUT2D eigenvalue weighted by Crippen LogP contribution is 2.35. The Balaban J connectivity index is 1.88. The highest BCUT2D eigenvalue weighted by molar-refractivity contribution is 9.11. The summed E-state index contributed by atoms with van der Waals surface area (Å²) in [5.41, 5.74) is 4.17. The topological polar surface area (TPSA) is 50.8 Å². The number of imidazole rings is 1. The third-order valence-corrected chi connectivity index (χ3v) is 5.93. The van der Waals surface area contributed by atoms with Crippen molar-refractivity contribution in [3.05, 3.63) is 105 Å². The van der Waals surface area contributed by atoms with E-state index in [2.05, 4.69) is 61.2 Å². The average molecular weight is 549 g/mol. The van der Waals surface area contributed by atoms with Gasteiger partial charge < -0.3 is 9.30 Å². The molecule has 0 unspecified atom stereocenters. The zero-order chi connectivity index (χ0) is 22.5. The van der Waals surface area contributed by atoms with Gasteiger partial charge >= 0.3 is 0 Å². The number of rotatable bonds is 7. The van der Waals surface area contributed by atoms with E-state index < -0.39 is 0 Å². The van der Waals surface area contributed by atoms with Crippen LogP contribution in [0, 0.1) is 11.3 Å². The Morgan fingerprint density at radius 2 is 1.84 bits per heavy atom. The maximum atomic E-state index is 10.1. The van der Waals surface area contributed by atoms with Crippen LogP contribution in [-0.4, -0.2) is 16.2 Å². The first-order valence-corrected chi connectivity index (χ1v) is 11.5. The Kier molecular flexibility index (Phi) is 6.89. The molecule has 0 fully saturated rings. The van der Waals surface area contributed by atoms with Gasteiger partial charge in [-0.3, -0.25) is 0 Å². The summed E-state index contributed by atoms with van der Waals surface area (Å²) in [6, 6.07) is 24.3. The van der Waals surface area contributed by atoms with Crippen molar-refractivity contribution >= 4 is 54.5 Å². The van der Waals surface area contributed by atoms with Gasteiger partial charge in [0, 0.05) is 16.6 Å². The summed E-state index contributed by atoms with van der Waals surface area (Å²) in [5.74, 6) is 1.26. The minimum Gasteiger partial charge on any atom is -0.488 e. The highest BCUT2D eigenvalue weighted by Gasteiger charge is 2.17. The van der Waals surface area contributed by atoms with E-state index in [-0.39, 0.29) is 0 Å². The minimum absolute atomic E-state index is 0.357. The van der Waals surface area contributed by atoms with Crippen molar-refractivity contribution in [2.75, 3.05) is 6.61 Å². The standard InChI is InChI=1S/C26H19Br2N3O/c1-2-12-32-25-19(14-21(27)15-22(25)28)13-20(16-29)26-30-23-10-6-7-11-24(23)31(26)17-18-8-4-3-5-9-18/h2-11,13-15H,1,12,17H2/b20-13+. The molecule has 0 aliphatic carbocycles. The van der Waals surface area contributed by atoms with Gasteiger partial charge in [-0.15, -0.1) is 0 Å². The second-order valence-corrected chi connectivity index (χ2v) is 8.84. The molecule has 0 N–H and O–H groups in total. The lowest BCUT2D eigenvalue weighted by Crippen LogP contribution is -2.04. The quantitative estimate of drug-likeness (QED) is 0.181. The molecule has 0 bridgehead atoms. The van der Waals surface area contributed by atoms with Crippen LogP contribution in [0.1, 0.15) is 17.0 Å². The Labute approximate surface area is 203 Å². The number of halogens is 2. The van der Waals surface area contributed by atoms with Gasteiger partial charge in [0.15, 0.2) is 5.82 Å². The summed E-state index contributed by atoms with van der Waals surface area (Å²) < 4.78 is 9.61. The number of hydrogen-bond acceptors (Lipinski definition) is 3. The predicted octanol–water partition coefficient (Wildman–Crippen LogP) is 7.24. The van der Waals surface area contributed by atoms with E-state index in [1.807, 2.05) is 60.7 Å². The van der Waals surface area contributed by atoms with Crippen LogP contribution >= 0.6 is 31.9 Å². The van der Waals surface area contributed by atoms with Crippen LogP contribution in [0.15, 0.2) is 88.3 Å². The first-order valence-electron chi connectivity index (χ1n) is 9.95. The average Bonchev–Trinajstić information content (AvgIpc) is 3.15. The van der Waals surface area contributed by atoms with Crippen LogP contribution in [-0.2, 0) is 6.54 Å². The molecular formula is C26H19Br2N3O. The van der Waals surface area contributed by atoms with Crippen molar-refractivity contribution < 1.29 is 4.74 Å². The Morgan fingerprint density at radius 1 is 1.09 bits per heavy atom. The van der Waals surface area contributed by atoms with Gasteiger partial charge in [0.1, 0.15) is 18.4 Å². The summed E-state index contributed by atoms with van der Waals surface area (Å²) in [4.78, 5) is 4.80. The van der Waals surface area contributed by atoms with Crippen LogP contribution in [0.3, 0.4) is 0 Å². The monoisotopic (exact) mass is 547 g/mol. The predicted molar refractivity (Wildman–Crippen MR) is 136 cm³/mol. The number of fused-ring (bicyclic) bond motifs is 1. The molecule has 6 heteroatoms. The molecule has 0 aliphatic rings. The van der Waals surface area contributed by atoms with Crippen molar-refractivity contribution in [3.8, 4) is 11.8 Å². The summed E-state index contributed by atoms with van der Waals surface area (Å²) in [7, 11) is 0. The number of para-hydroxylation sites is 2. The molecule has 1 heterocycles. The first-order chi connectivity index (χ1) is 15.6. The van der Waals surface area contributed by atoms with E-state index in [1.165, 1.54) is 0 Å². The largest absolute Gasteiger partial charge is 0.488 e. The van der Waals surface area contributed by atoms with Gasteiger partial charge in [0.05, 0.1) is 21.1 Å². The maximum absolute atomic E-state index is 10.1. The summed E-state index contributed by atoms with van der Waals surface area (Å²) in [6.45, 7) is 4.69. The SMILES string of the molecule is C=CCOc1c(Br)cc(Br)cc1/C=C(\C#N)c1nc2ccccc2n1Cc1ccccc1. The fourth-order valence-electron chi connectivity index (χ4n) is 3.49. The molecule has 0 amide bonds. The molecule has 4 rings (SSSR count). The highest BCUT2D eigenvalue weighted by atomic mass is 79.9.